The van der Waals surface area contributed by atoms with E-state index in [0.717, 1.165) is 42.9 Å². The Kier molecular flexibility index (Phi) is 6.56. The van der Waals surface area contributed by atoms with Crippen LogP contribution in [0.5, 0.6) is 0 Å². The molecule has 0 atom stereocenters. The van der Waals surface area contributed by atoms with Gasteiger partial charge >= 0.3 is 0 Å². The molecule has 1 aromatic heterocycles. The Hall–Kier alpha value is -2.40. The predicted octanol–water partition coefficient (Wildman–Crippen LogP) is 3.34. The van der Waals surface area contributed by atoms with Gasteiger partial charge in [-0.2, -0.15) is 0 Å². The lowest BCUT2D eigenvalue weighted by molar-refractivity contribution is 0.102. The minimum absolute atomic E-state index is 0.197. The van der Waals surface area contributed by atoms with Crippen molar-refractivity contribution in [3.05, 3.63) is 53.9 Å². The summed E-state index contributed by atoms with van der Waals surface area (Å²) in [6, 6.07) is 11.4. The quantitative estimate of drug-likeness (QED) is 0.734. The number of carbonyl (C=O) groups is 1. The van der Waals surface area contributed by atoms with Crippen molar-refractivity contribution in [3.63, 3.8) is 0 Å². The number of rotatable bonds is 8. The van der Waals surface area contributed by atoms with Gasteiger partial charge in [-0.25, -0.2) is 4.98 Å². The van der Waals surface area contributed by atoms with Crippen molar-refractivity contribution >= 4 is 17.3 Å². The number of carbonyl (C=O) groups excluding carboxylic acids is 1. The SMILES string of the molecule is CCc1ccccc1NC(=O)c1ccc(NCCCOC)cn1. The van der Waals surface area contributed by atoms with Gasteiger partial charge in [0.2, 0.25) is 0 Å². The molecule has 0 radical (unpaired) electrons. The number of amides is 1. The first-order chi connectivity index (χ1) is 11.2. The predicted molar refractivity (Wildman–Crippen MR) is 93.0 cm³/mol. The van der Waals surface area contributed by atoms with Crippen LogP contribution in [0.15, 0.2) is 42.6 Å². The summed E-state index contributed by atoms with van der Waals surface area (Å²) in [7, 11) is 1.69. The smallest absolute Gasteiger partial charge is 0.274 e. The molecule has 2 N–H and O–H groups in total. The maximum absolute atomic E-state index is 12.3. The number of aryl methyl sites for hydroxylation is 1. The molecule has 122 valence electrons. The monoisotopic (exact) mass is 313 g/mol. The summed E-state index contributed by atoms with van der Waals surface area (Å²) in [5, 5.41) is 6.16. The summed E-state index contributed by atoms with van der Waals surface area (Å²) < 4.78 is 5.00. The fourth-order valence-electron chi connectivity index (χ4n) is 2.22. The molecule has 0 saturated carbocycles. The third-order valence-corrected chi connectivity index (χ3v) is 3.50. The summed E-state index contributed by atoms with van der Waals surface area (Å²) in [6.45, 7) is 3.59. The largest absolute Gasteiger partial charge is 0.385 e. The highest BCUT2D eigenvalue weighted by Gasteiger charge is 2.09. The molecule has 1 aromatic carbocycles. The maximum atomic E-state index is 12.3. The summed E-state index contributed by atoms with van der Waals surface area (Å²) in [6.07, 6.45) is 3.47. The van der Waals surface area contributed by atoms with Crippen LogP contribution in [0.25, 0.3) is 0 Å². The number of nitrogens with zero attached hydrogens (tertiary/aromatic N) is 1. The molecule has 0 unspecified atom stereocenters. The van der Waals surface area contributed by atoms with Gasteiger partial charge in [0.1, 0.15) is 5.69 Å². The molecule has 0 aliphatic carbocycles. The lowest BCUT2D eigenvalue weighted by atomic mass is 10.1. The Morgan fingerprint density at radius 2 is 2.04 bits per heavy atom. The van der Waals surface area contributed by atoms with E-state index in [-0.39, 0.29) is 5.91 Å². The molecule has 0 fully saturated rings. The third kappa shape index (κ3) is 5.07. The molecule has 2 aromatic rings. The van der Waals surface area contributed by atoms with E-state index in [2.05, 4.69) is 22.5 Å². The second-order valence-corrected chi connectivity index (χ2v) is 5.17. The second-order valence-electron chi connectivity index (χ2n) is 5.17. The first kappa shape index (κ1) is 17.0. The Morgan fingerprint density at radius 1 is 1.22 bits per heavy atom. The van der Waals surface area contributed by atoms with Crippen molar-refractivity contribution in [1.29, 1.82) is 0 Å². The number of para-hydroxylation sites is 1. The molecular weight excluding hydrogens is 290 g/mol. The van der Waals surface area contributed by atoms with Crippen LogP contribution >= 0.6 is 0 Å². The van der Waals surface area contributed by atoms with Crippen molar-refractivity contribution in [2.45, 2.75) is 19.8 Å². The molecule has 5 heteroatoms. The van der Waals surface area contributed by atoms with Gasteiger partial charge in [0.25, 0.3) is 5.91 Å². The van der Waals surface area contributed by atoms with Gasteiger partial charge in [-0.3, -0.25) is 4.79 Å². The standard InChI is InChI=1S/C18H23N3O2/c1-3-14-7-4-5-8-16(14)21-18(22)17-10-9-15(13-20-17)19-11-6-12-23-2/h4-5,7-10,13,19H,3,6,11-12H2,1-2H3,(H,21,22). The van der Waals surface area contributed by atoms with Crippen LogP contribution in [0.4, 0.5) is 11.4 Å². The molecule has 0 saturated heterocycles. The van der Waals surface area contributed by atoms with Crippen LogP contribution in [0.3, 0.4) is 0 Å². The Labute approximate surface area is 137 Å². The molecule has 1 heterocycles. The van der Waals surface area contributed by atoms with Crippen molar-refractivity contribution < 1.29 is 9.53 Å². The lowest BCUT2D eigenvalue weighted by Gasteiger charge is -2.10. The average Bonchev–Trinajstić information content (AvgIpc) is 2.59. The number of pyridine rings is 1. The molecule has 23 heavy (non-hydrogen) atoms. The van der Waals surface area contributed by atoms with Crippen LogP contribution < -0.4 is 10.6 Å². The fraction of sp³-hybridized carbons (Fsp3) is 0.333. The third-order valence-electron chi connectivity index (χ3n) is 3.50. The summed E-state index contributed by atoms with van der Waals surface area (Å²) in [4.78, 5) is 16.5. The fourth-order valence-corrected chi connectivity index (χ4v) is 2.22. The highest BCUT2D eigenvalue weighted by molar-refractivity contribution is 6.03. The van der Waals surface area contributed by atoms with Crippen molar-refractivity contribution in [3.8, 4) is 0 Å². The Morgan fingerprint density at radius 3 is 2.74 bits per heavy atom. The molecule has 1 amide bonds. The van der Waals surface area contributed by atoms with Gasteiger partial charge in [-0.15, -0.1) is 0 Å². The van der Waals surface area contributed by atoms with Gasteiger partial charge in [0, 0.05) is 25.9 Å². The van der Waals surface area contributed by atoms with Crippen molar-refractivity contribution in [1.82, 2.24) is 4.98 Å². The lowest BCUT2D eigenvalue weighted by Crippen LogP contribution is -2.15. The average molecular weight is 313 g/mol. The molecule has 0 bridgehead atoms. The van der Waals surface area contributed by atoms with Crippen LogP contribution in [0.1, 0.15) is 29.4 Å². The van der Waals surface area contributed by atoms with Crippen molar-refractivity contribution in [2.75, 3.05) is 30.9 Å². The minimum atomic E-state index is -0.197. The zero-order valence-electron chi connectivity index (χ0n) is 13.6. The van der Waals surface area contributed by atoms with E-state index < -0.39 is 0 Å². The molecule has 0 aliphatic heterocycles. The van der Waals surface area contributed by atoms with E-state index in [9.17, 15) is 4.79 Å². The van der Waals surface area contributed by atoms with E-state index in [4.69, 9.17) is 4.74 Å². The molecule has 5 nitrogen and oxygen atoms in total. The van der Waals surface area contributed by atoms with Crippen LogP contribution in [0, 0.1) is 0 Å². The van der Waals surface area contributed by atoms with E-state index in [0.29, 0.717) is 5.69 Å². The molecule has 2 rings (SSSR count). The molecule has 0 aliphatic rings. The van der Waals surface area contributed by atoms with Crippen LogP contribution in [0.2, 0.25) is 0 Å². The first-order valence-electron chi connectivity index (χ1n) is 7.82. The number of ether oxygens (including phenoxy) is 1. The van der Waals surface area contributed by atoms with E-state index in [1.165, 1.54) is 0 Å². The van der Waals surface area contributed by atoms with Gasteiger partial charge in [0.15, 0.2) is 0 Å². The highest BCUT2D eigenvalue weighted by atomic mass is 16.5. The van der Waals surface area contributed by atoms with Gasteiger partial charge in [-0.1, -0.05) is 25.1 Å². The van der Waals surface area contributed by atoms with Crippen LogP contribution in [-0.4, -0.2) is 31.2 Å². The van der Waals surface area contributed by atoms with E-state index in [1.54, 1.807) is 19.4 Å². The van der Waals surface area contributed by atoms with Crippen LogP contribution in [-0.2, 0) is 11.2 Å². The zero-order chi connectivity index (χ0) is 16.5. The number of benzene rings is 1. The number of methoxy groups -OCH3 is 1. The Bertz CT molecular complexity index is 626. The van der Waals surface area contributed by atoms with Crippen molar-refractivity contribution in [2.24, 2.45) is 0 Å². The topological polar surface area (TPSA) is 63.2 Å². The molecule has 0 spiro atoms. The number of hydrogen-bond donors (Lipinski definition) is 2. The summed E-state index contributed by atoms with van der Waals surface area (Å²) in [5.74, 6) is -0.197. The number of aromatic nitrogens is 1. The second kappa shape index (κ2) is 8.90. The summed E-state index contributed by atoms with van der Waals surface area (Å²) in [5.41, 5.74) is 3.24. The first-order valence-corrected chi connectivity index (χ1v) is 7.82. The van der Waals surface area contributed by atoms with Gasteiger partial charge in [-0.05, 0) is 36.6 Å². The Balaban J connectivity index is 1.94. The normalized spacial score (nSPS) is 10.3. The number of nitrogens with one attached hydrogen (secondary N) is 2. The number of anilines is 2. The van der Waals surface area contributed by atoms with E-state index in [1.807, 2.05) is 30.3 Å². The zero-order valence-corrected chi connectivity index (χ0v) is 13.6. The number of hydrogen-bond acceptors (Lipinski definition) is 4. The van der Waals surface area contributed by atoms with E-state index >= 15 is 0 Å². The minimum Gasteiger partial charge on any atom is -0.385 e. The highest BCUT2D eigenvalue weighted by Crippen LogP contribution is 2.16. The van der Waals surface area contributed by atoms with Gasteiger partial charge in [0.05, 0.1) is 11.9 Å². The van der Waals surface area contributed by atoms with Gasteiger partial charge < -0.3 is 15.4 Å². The maximum Gasteiger partial charge on any atom is 0.274 e. The summed E-state index contributed by atoms with van der Waals surface area (Å²) >= 11 is 0. The molecular formula is C18H23N3O2.